The van der Waals surface area contributed by atoms with Gasteiger partial charge in [0.1, 0.15) is 5.60 Å². The molecule has 24 heavy (non-hydrogen) atoms. The lowest BCUT2D eigenvalue weighted by molar-refractivity contribution is 0.0479. The fourth-order valence-corrected chi connectivity index (χ4v) is 3.41. The van der Waals surface area contributed by atoms with E-state index in [0.29, 0.717) is 0 Å². The van der Waals surface area contributed by atoms with Crippen molar-refractivity contribution in [3.63, 3.8) is 0 Å². The highest BCUT2D eigenvalue weighted by atomic mass is 79.9. The molecule has 4 nitrogen and oxygen atoms in total. The van der Waals surface area contributed by atoms with Crippen molar-refractivity contribution in [2.45, 2.75) is 51.7 Å². The summed E-state index contributed by atoms with van der Waals surface area (Å²) in [6.45, 7) is 8.57. The van der Waals surface area contributed by atoms with Gasteiger partial charge in [-0.2, -0.15) is 0 Å². The highest BCUT2D eigenvalue weighted by Gasteiger charge is 2.23. The molecule has 1 aliphatic heterocycles. The Balaban J connectivity index is 1.73. The lowest BCUT2D eigenvalue weighted by Crippen LogP contribution is -2.46. The van der Waals surface area contributed by atoms with Gasteiger partial charge in [0.2, 0.25) is 0 Å². The minimum atomic E-state index is -0.450. The Morgan fingerprint density at radius 1 is 1.38 bits per heavy atom. The Bertz CT molecular complexity index is 567. The highest BCUT2D eigenvalue weighted by molar-refractivity contribution is 9.10. The van der Waals surface area contributed by atoms with Crippen molar-refractivity contribution in [2.24, 2.45) is 0 Å². The molecule has 1 amide bonds. The van der Waals surface area contributed by atoms with Crippen LogP contribution in [0.4, 0.5) is 4.79 Å². The number of ether oxygens (including phenoxy) is 1. The zero-order valence-electron chi connectivity index (χ0n) is 14.6. The third-order valence-electron chi connectivity index (χ3n) is 4.01. The molecule has 1 N–H and O–H groups in total. The van der Waals surface area contributed by atoms with Crippen LogP contribution in [0, 0.1) is 0 Å². The molecular weight excluding hydrogens is 392 g/mol. The number of likely N-dealkylation sites (tertiary alicyclic amines) is 1. The van der Waals surface area contributed by atoms with Crippen molar-refractivity contribution in [1.82, 2.24) is 10.2 Å². The zero-order valence-corrected chi connectivity index (χ0v) is 16.9. The second kappa shape index (κ2) is 8.54. The van der Waals surface area contributed by atoms with E-state index < -0.39 is 5.60 Å². The van der Waals surface area contributed by atoms with Crippen LogP contribution < -0.4 is 5.32 Å². The second-order valence-corrected chi connectivity index (χ2v) is 8.57. The fourth-order valence-electron chi connectivity index (χ4n) is 2.79. The van der Waals surface area contributed by atoms with Gasteiger partial charge in [0.15, 0.2) is 0 Å². The largest absolute Gasteiger partial charge is 0.444 e. The monoisotopic (exact) mass is 416 g/mol. The Morgan fingerprint density at radius 3 is 2.67 bits per heavy atom. The summed E-state index contributed by atoms with van der Waals surface area (Å²) in [6, 6.07) is 6.17. The average Bonchev–Trinajstić information content (AvgIpc) is 2.47. The van der Waals surface area contributed by atoms with E-state index in [2.05, 4.69) is 32.2 Å². The number of carbonyl (C=O) groups is 1. The van der Waals surface area contributed by atoms with Crippen molar-refractivity contribution in [1.29, 1.82) is 0 Å². The molecule has 0 aliphatic carbocycles. The molecule has 6 heteroatoms. The Kier molecular flexibility index (Phi) is 6.96. The van der Waals surface area contributed by atoms with Gasteiger partial charge in [-0.05, 0) is 63.8 Å². The molecule has 1 saturated heterocycles. The summed E-state index contributed by atoms with van der Waals surface area (Å²) < 4.78 is 6.37. The predicted octanol–water partition coefficient (Wildman–Crippen LogP) is 4.63. The van der Waals surface area contributed by atoms with Gasteiger partial charge >= 0.3 is 6.09 Å². The molecule has 0 atom stereocenters. The van der Waals surface area contributed by atoms with Crippen LogP contribution in [-0.2, 0) is 11.2 Å². The standard InChI is InChI=1S/C18H26BrClN2O2/c1-18(2,3)24-17(23)21-15-7-10-22(11-8-15)9-6-13-12-14(19)4-5-16(13)20/h4-5,12,15H,6-11H2,1-3H3,(H,21,23). The van der Waals surface area contributed by atoms with Crippen molar-refractivity contribution in [3.05, 3.63) is 33.3 Å². The zero-order chi connectivity index (χ0) is 17.7. The van der Waals surface area contributed by atoms with Crippen molar-refractivity contribution >= 4 is 33.6 Å². The van der Waals surface area contributed by atoms with Crippen LogP contribution in [0.15, 0.2) is 22.7 Å². The van der Waals surface area contributed by atoms with Crippen LogP contribution in [-0.4, -0.2) is 42.3 Å². The maximum absolute atomic E-state index is 11.8. The maximum Gasteiger partial charge on any atom is 0.407 e. The number of carbonyl (C=O) groups excluding carboxylic acids is 1. The predicted molar refractivity (Wildman–Crippen MR) is 102 cm³/mol. The molecule has 1 heterocycles. The quantitative estimate of drug-likeness (QED) is 0.776. The van der Waals surface area contributed by atoms with Gasteiger partial charge in [-0.1, -0.05) is 27.5 Å². The molecule has 1 aromatic rings. The molecule has 0 bridgehead atoms. The first-order valence-corrected chi connectivity index (χ1v) is 9.56. The lowest BCUT2D eigenvalue weighted by atomic mass is 10.0. The third kappa shape index (κ3) is 6.61. The van der Waals surface area contributed by atoms with Gasteiger partial charge in [-0.15, -0.1) is 0 Å². The Labute approximate surface area is 158 Å². The number of nitrogens with zero attached hydrogens (tertiary/aromatic N) is 1. The van der Waals surface area contributed by atoms with Gasteiger partial charge in [0.25, 0.3) is 0 Å². The van der Waals surface area contributed by atoms with Crippen LogP contribution in [0.5, 0.6) is 0 Å². The van der Waals surface area contributed by atoms with Crippen LogP contribution in [0.1, 0.15) is 39.2 Å². The first-order valence-electron chi connectivity index (χ1n) is 8.39. The van der Waals surface area contributed by atoms with E-state index in [1.165, 1.54) is 5.56 Å². The van der Waals surface area contributed by atoms with E-state index in [-0.39, 0.29) is 12.1 Å². The van der Waals surface area contributed by atoms with Crippen molar-refractivity contribution in [3.8, 4) is 0 Å². The van der Waals surface area contributed by atoms with E-state index in [0.717, 1.165) is 48.4 Å². The molecule has 0 spiro atoms. The smallest absolute Gasteiger partial charge is 0.407 e. The SMILES string of the molecule is CC(C)(C)OC(=O)NC1CCN(CCc2cc(Br)ccc2Cl)CC1. The highest BCUT2D eigenvalue weighted by Crippen LogP contribution is 2.22. The fraction of sp³-hybridized carbons (Fsp3) is 0.611. The van der Waals surface area contributed by atoms with Crippen LogP contribution >= 0.6 is 27.5 Å². The molecule has 1 fully saturated rings. The molecule has 0 saturated carbocycles. The van der Waals surface area contributed by atoms with Gasteiger partial charge in [-0.25, -0.2) is 4.79 Å². The van der Waals surface area contributed by atoms with Crippen LogP contribution in [0.3, 0.4) is 0 Å². The third-order valence-corrected chi connectivity index (χ3v) is 4.88. The van der Waals surface area contributed by atoms with E-state index in [1.54, 1.807) is 0 Å². The van der Waals surface area contributed by atoms with Gasteiger partial charge in [0.05, 0.1) is 0 Å². The Morgan fingerprint density at radius 2 is 2.04 bits per heavy atom. The normalized spacial score (nSPS) is 16.9. The summed E-state index contributed by atoms with van der Waals surface area (Å²) in [6.07, 6.45) is 2.51. The summed E-state index contributed by atoms with van der Waals surface area (Å²) in [5, 5.41) is 3.79. The Hall–Kier alpha value is -0.780. The van der Waals surface area contributed by atoms with Gasteiger partial charge < -0.3 is 15.0 Å². The maximum atomic E-state index is 11.8. The summed E-state index contributed by atoms with van der Waals surface area (Å²) in [5.41, 5.74) is 0.716. The minimum Gasteiger partial charge on any atom is -0.444 e. The molecule has 0 aromatic heterocycles. The summed E-state index contributed by atoms with van der Waals surface area (Å²) >= 11 is 9.74. The first-order chi connectivity index (χ1) is 11.2. The number of piperidine rings is 1. The average molecular weight is 418 g/mol. The number of rotatable bonds is 4. The number of alkyl carbamates (subject to hydrolysis) is 1. The van der Waals surface area contributed by atoms with E-state index in [4.69, 9.17) is 16.3 Å². The number of benzene rings is 1. The number of nitrogens with one attached hydrogen (secondary N) is 1. The van der Waals surface area contributed by atoms with Crippen molar-refractivity contribution in [2.75, 3.05) is 19.6 Å². The van der Waals surface area contributed by atoms with E-state index in [9.17, 15) is 4.79 Å². The van der Waals surface area contributed by atoms with Gasteiger partial charge in [-0.3, -0.25) is 0 Å². The van der Waals surface area contributed by atoms with E-state index in [1.807, 2.05) is 32.9 Å². The van der Waals surface area contributed by atoms with E-state index >= 15 is 0 Å². The molecule has 134 valence electrons. The number of hydrogen-bond acceptors (Lipinski definition) is 3. The molecule has 0 radical (unpaired) electrons. The molecule has 1 aromatic carbocycles. The molecular formula is C18H26BrClN2O2. The van der Waals surface area contributed by atoms with Gasteiger partial charge in [0, 0.05) is 35.2 Å². The second-order valence-electron chi connectivity index (χ2n) is 7.25. The summed E-state index contributed by atoms with van der Waals surface area (Å²) in [7, 11) is 0. The van der Waals surface area contributed by atoms with Crippen molar-refractivity contribution < 1.29 is 9.53 Å². The molecule has 1 aliphatic rings. The summed E-state index contributed by atoms with van der Waals surface area (Å²) in [5.74, 6) is 0. The first kappa shape index (κ1) is 19.5. The molecule has 2 rings (SSSR count). The number of hydrogen-bond donors (Lipinski definition) is 1. The minimum absolute atomic E-state index is 0.200. The lowest BCUT2D eigenvalue weighted by Gasteiger charge is -2.32. The van der Waals surface area contributed by atoms with Crippen LogP contribution in [0.25, 0.3) is 0 Å². The number of amides is 1. The number of halogens is 2. The topological polar surface area (TPSA) is 41.6 Å². The summed E-state index contributed by atoms with van der Waals surface area (Å²) in [4.78, 5) is 14.2. The van der Waals surface area contributed by atoms with Crippen LogP contribution in [0.2, 0.25) is 5.02 Å². The molecule has 0 unspecified atom stereocenters.